The van der Waals surface area contributed by atoms with Crippen molar-refractivity contribution in [3.63, 3.8) is 0 Å². The summed E-state index contributed by atoms with van der Waals surface area (Å²) >= 11 is 0. The van der Waals surface area contributed by atoms with E-state index >= 15 is 0 Å². The zero-order valence-corrected chi connectivity index (χ0v) is 11.7. The van der Waals surface area contributed by atoms with Crippen molar-refractivity contribution in [2.45, 2.75) is 12.5 Å². The zero-order chi connectivity index (χ0) is 12.8. The molecule has 0 spiro atoms. The monoisotopic (exact) mass is 281 g/mol. The second-order valence-electron chi connectivity index (χ2n) is 4.51. The minimum absolute atomic E-state index is 0. The van der Waals surface area contributed by atoms with E-state index in [0.29, 0.717) is 6.42 Å². The summed E-state index contributed by atoms with van der Waals surface area (Å²) in [5.41, 5.74) is 1.76. The SMILES string of the molecule is Cl.N#Cc1ccccc1[C@H](CCO)N1CCNCC1. The Labute approximate surface area is 120 Å². The molecule has 1 atom stereocenters. The molecule has 0 saturated carbocycles. The maximum absolute atomic E-state index is 9.27. The van der Waals surface area contributed by atoms with Crippen LogP contribution in [-0.4, -0.2) is 42.8 Å². The molecule has 1 aliphatic heterocycles. The van der Waals surface area contributed by atoms with Crippen molar-refractivity contribution in [2.24, 2.45) is 0 Å². The van der Waals surface area contributed by atoms with Crippen LogP contribution in [0, 0.1) is 11.3 Å². The molecular weight excluding hydrogens is 262 g/mol. The van der Waals surface area contributed by atoms with E-state index in [1.807, 2.05) is 24.3 Å². The molecule has 1 heterocycles. The van der Waals surface area contributed by atoms with Gasteiger partial charge in [0.2, 0.25) is 0 Å². The lowest BCUT2D eigenvalue weighted by molar-refractivity contribution is 0.141. The molecule has 2 rings (SSSR count). The molecule has 104 valence electrons. The molecule has 0 bridgehead atoms. The number of hydrogen-bond donors (Lipinski definition) is 2. The highest BCUT2D eigenvalue weighted by Gasteiger charge is 2.23. The first-order chi connectivity index (χ1) is 8.86. The highest BCUT2D eigenvalue weighted by atomic mass is 35.5. The number of nitrogens with zero attached hydrogens (tertiary/aromatic N) is 2. The lowest BCUT2D eigenvalue weighted by Gasteiger charge is -2.35. The standard InChI is InChI=1S/C14H19N3O.ClH/c15-11-12-3-1-2-4-13(12)14(5-10-18)17-8-6-16-7-9-17;/h1-4,14,16,18H,5-10H2;1H/t14-;/m0./s1. The molecule has 0 aliphatic carbocycles. The number of halogens is 1. The molecule has 0 amide bonds. The van der Waals surface area contributed by atoms with Gasteiger partial charge < -0.3 is 10.4 Å². The van der Waals surface area contributed by atoms with Gasteiger partial charge in [0.1, 0.15) is 0 Å². The number of nitrogens with one attached hydrogen (secondary N) is 1. The molecule has 1 fully saturated rings. The van der Waals surface area contributed by atoms with Crippen molar-refractivity contribution in [3.05, 3.63) is 35.4 Å². The number of aliphatic hydroxyl groups is 1. The molecule has 0 radical (unpaired) electrons. The van der Waals surface area contributed by atoms with Crippen LogP contribution < -0.4 is 5.32 Å². The average molecular weight is 282 g/mol. The van der Waals surface area contributed by atoms with Crippen molar-refractivity contribution in [2.75, 3.05) is 32.8 Å². The minimum atomic E-state index is 0. The molecule has 1 aliphatic rings. The molecule has 0 aromatic heterocycles. The Bertz CT molecular complexity index is 427. The van der Waals surface area contributed by atoms with E-state index in [9.17, 15) is 10.4 Å². The predicted octanol–water partition coefficient (Wildman–Crippen LogP) is 1.31. The summed E-state index contributed by atoms with van der Waals surface area (Å²) in [5.74, 6) is 0. The van der Waals surface area contributed by atoms with E-state index in [0.717, 1.165) is 37.3 Å². The average Bonchev–Trinajstić information content (AvgIpc) is 2.46. The summed E-state index contributed by atoms with van der Waals surface area (Å²) in [6.45, 7) is 4.01. The highest BCUT2D eigenvalue weighted by molar-refractivity contribution is 5.85. The maximum Gasteiger partial charge on any atom is 0.0995 e. The summed E-state index contributed by atoms with van der Waals surface area (Å²) in [6.07, 6.45) is 0.679. The zero-order valence-electron chi connectivity index (χ0n) is 10.9. The molecule has 4 nitrogen and oxygen atoms in total. The van der Waals surface area contributed by atoms with Crippen LogP contribution in [0.15, 0.2) is 24.3 Å². The second kappa shape index (κ2) is 8.13. The van der Waals surface area contributed by atoms with Gasteiger partial charge in [-0.2, -0.15) is 5.26 Å². The van der Waals surface area contributed by atoms with E-state index in [1.54, 1.807) is 0 Å². The molecule has 1 saturated heterocycles. The lowest BCUT2D eigenvalue weighted by atomic mass is 9.97. The van der Waals surface area contributed by atoms with Crippen LogP contribution in [0.5, 0.6) is 0 Å². The Hall–Kier alpha value is -1.12. The first-order valence-corrected chi connectivity index (χ1v) is 6.41. The van der Waals surface area contributed by atoms with Crippen LogP contribution in [0.2, 0.25) is 0 Å². The van der Waals surface area contributed by atoms with Crippen molar-refractivity contribution in [1.82, 2.24) is 10.2 Å². The Morgan fingerprint density at radius 3 is 2.63 bits per heavy atom. The first-order valence-electron chi connectivity index (χ1n) is 6.41. The molecule has 1 aromatic carbocycles. The summed E-state index contributed by atoms with van der Waals surface area (Å²) in [4.78, 5) is 2.35. The molecule has 2 N–H and O–H groups in total. The van der Waals surface area contributed by atoms with Crippen LogP contribution in [0.1, 0.15) is 23.6 Å². The van der Waals surface area contributed by atoms with E-state index < -0.39 is 0 Å². The maximum atomic E-state index is 9.27. The van der Waals surface area contributed by atoms with E-state index in [1.165, 1.54) is 0 Å². The predicted molar refractivity (Wildman–Crippen MR) is 77.3 cm³/mol. The van der Waals surface area contributed by atoms with Gasteiger partial charge in [0, 0.05) is 38.8 Å². The fraction of sp³-hybridized carbons (Fsp3) is 0.500. The second-order valence-corrected chi connectivity index (χ2v) is 4.51. The fourth-order valence-electron chi connectivity index (χ4n) is 2.54. The number of nitriles is 1. The number of hydrogen-bond acceptors (Lipinski definition) is 4. The van der Waals surface area contributed by atoms with Crippen molar-refractivity contribution in [3.8, 4) is 6.07 Å². The third-order valence-electron chi connectivity index (χ3n) is 3.44. The fourth-order valence-corrected chi connectivity index (χ4v) is 2.54. The van der Waals surface area contributed by atoms with Crippen LogP contribution in [-0.2, 0) is 0 Å². The molecule has 19 heavy (non-hydrogen) atoms. The normalized spacial score (nSPS) is 17.3. The van der Waals surface area contributed by atoms with Gasteiger partial charge in [0.25, 0.3) is 0 Å². The lowest BCUT2D eigenvalue weighted by Crippen LogP contribution is -2.45. The topological polar surface area (TPSA) is 59.3 Å². The molecule has 0 unspecified atom stereocenters. The van der Waals surface area contributed by atoms with Crippen LogP contribution in [0.25, 0.3) is 0 Å². The van der Waals surface area contributed by atoms with Gasteiger partial charge in [-0.15, -0.1) is 12.4 Å². The molecule has 5 heteroatoms. The van der Waals surface area contributed by atoms with E-state index in [-0.39, 0.29) is 25.1 Å². The summed E-state index contributed by atoms with van der Waals surface area (Å²) in [5, 5.41) is 21.8. The summed E-state index contributed by atoms with van der Waals surface area (Å²) < 4.78 is 0. The third-order valence-corrected chi connectivity index (χ3v) is 3.44. The van der Waals surface area contributed by atoms with Gasteiger partial charge in [-0.3, -0.25) is 4.90 Å². The number of benzene rings is 1. The Morgan fingerprint density at radius 2 is 2.00 bits per heavy atom. The number of piperazine rings is 1. The number of rotatable bonds is 4. The van der Waals surface area contributed by atoms with Gasteiger partial charge in [0.05, 0.1) is 11.6 Å². The summed E-state index contributed by atoms with van der Waals surface area (Å²) in [6, 6.07) is 10.1. The van der Waals surface area contributed by atoms with E-state index in [2.05, 4.69) is 16.3 Å². The largest absolute Gasteiger partial charge is 0.396 e. The van der Waals surface area contributed by atoms with Crippen molar-refractivity contribution < 1.29 is 5.11 Å². The van der Waals surface area contributed by atoms with Gasteiger partial charge in [-0.05, 0) is 18.1 Å². The first kappa shape index (κ1) is 15.9. The minimum Gasteiger partial charge on any atom is -0.396 e. The highest BCUT2D eigenvalue weighted by Crippen LogP contribution is 2.27. The molecule has 1 aromatic rings. The smallest absolute Gasteiger partial charge is 0.0995 e. The third kappa shape index (κ3) is 3.92. The summed E-state index contributed by atoms with van der Waals surface area (Å²) in [7, 11) is 0. The molecular formula is C14H20ClN3O. The quantitative estimate of drug-likeness (QED) is 0.874. The van der Waals surface area contributed by atoms with E-state index in [4.69, 9.17) is 0 Å². The van der Waals surface area contributed by atoms with Gasteiger partial charge in [-0.25, -0.2) is 0 Å². The van der Waals surface area contributed by atoms with Crippen LogP contribution in [0.3, 0.4) is 0 Å². The van der Waals surface area contributed by atoms with Gasteiger partial charge >= 0.3 is 0 Å². The van der Waals surface area contributed by atoms with Crippen molar-refractivity contribution >= 4 is 12.4 Å². The van der Waals surface area contributed by atoms with Crippen molar-refractivity contribution in [1.29, 1.82) is 5.26 Å². The number of aliphatic hydroxyl groups excluding tert-OH is 1. The Morgan fingerprint density at radius 1 is 1.32 bits per heavy atom. The van der Waals surface area contributed by atoms with Gasteiger partial charge in [0.15, 0.2) is 0 Å². The van der Waals surface area contributed by atoms with Gasteiger partial charge in [-0.1, -0.05) is 18.2 Å². The van der Waals surface area contributed by atoms with Crippen LogP contribution in [0.4, 0.5) is 0 Å². The Balaban J connectivity index is 0.00000180. The van der Waals surface area contributed by atoms with Crippen LogP contribution >= 0.6 is 12.4 Å². The Kier molecular flexibility index (Phi) is 6.82.